The van der Waals surface area contributed by atoms with Gasteiger partial charge in [-0.05, 0) is 45.9 Å². The molecule has 3 nitrogen and oxygen atoms in total. The molecule has 2 rings (SSSR count). The van der Waals surface area contributed by atoms with Crippen LogP contribution in [0.3, 0.4) is 0 Å². The van der Waals surface area contributed by atoms with Gasteiger partial charge in [-0.2, -0.15) is 0 Å². The molecule has 0 aliphatic rings. The van der Waals surface area contributed by atoms with E-state index in [2.05, 4.69) is 16.4 Å². The van der Waals surface area contributed by atoms with Crippen molar-refractivity contribution < 1.29 is 4.79 Å². The molecule has 0 spiro atoms. The summed E-state index contributed by atoms with van der Waals surface area (Å²) in [5.41, 5.74) is 2.58. The monoisotopic (exact) mass is 230 g/mol. The average Bonchev–Trinajstić information content (AvgIpc) is 2.57. The molecule has 3 heteroatoms. The number of fused-ring (bicyclic) bond motifs is 1. The maximum absolute atomic E-state index is 12.0. The van der Waals surface area contributed by atoms with Gasteiger partial charge in [-0.15, -0.1) is 0 Å². The second-order valence-corrected chi connectivity index (χ2v) is 5.48. The van der Waals surface area contributed by atoms with E-state index in [1.165, 1.54) is 5.56 Å². The summed E-state index contributed by atoms with van der Waals surface area (Å²) in [5.74, 6) is -0.0636. The molecule has 90 valence electrons. The summed E-state index contributed by atoms with van der Waals surface area (Å²) in [6, 6.07) is 7.99. The Morgan fingerprint density at radius 3 is 2.59 bits per heavy atom. The lowest BCUT2D eigenvalue weighted by molar-refractivity contribution is 0.0915. The Morgan fingerprint density at radius 1 is 1.24 bits per heavy atom. The number of nitrogens with one attached hydrogen (secondary N) is 2. The lowest BCUT2D eigenvalue weighted by atomic mass is 10.1. The molecule has 0 saturated heterocycles. The summed E-state index contributed by atoms with van der Waals surface area (Å²) in [4.78, 5) is 15.1. The molecule has 1 heterocycles. The average molecular weight is 230 g/mol. The Kier molecular flexibility index (Phi) is 2.69. The number of aromatic amines is 1. The van der Waals surface area contributed by atoms with Gasteiger partial charge in [-0.1, -0.05) is 11.6 Å². The van der Waals surface area contributed by atoms with Crippen LogP contribution in [0.4, 0.5) is 0 Å². The molecule has 0 fully saturated rings. The van der Waals surface area contributed by atoms with Crippen LogP contribution >= 0.6 is 0 Å². The van der Waals surface area contributed by atoms with Crippen LogP contribution in [0.5, 0.6) is 0 Å². The predicted molar refractivity (Wildman–Crippen MR) is 70.3 cm³/mol. The van der Waals surface area contributed by atoms with Crippen molar-refractivity contribution in [3.8, 4) is 0 Å². The van der Waals surface area contributed by atoms with Crippen molar-refractivity contribution in [3.63, 3.8) is 0 Å². The van der Waals surface area contributed by atoms with E-state index >= 15 is 0 Å². The molecule has 0 radical (unpaired) electrons. The topological polar surface area (TPSA) is 44.9 Å². The van der Waals surface area contributed by atoms with Crippen LogP contribution in [0, 0.1) is 6.92 Å². The number of hydrogen-bond acceptors (Lipinski definition) is 1. The van der Waals surface area contributed by atoms with Gasteiger partial charge < -0.3 is 10.3 Å². The Morgan fingerprint density at radius 2 is 1.94 bits per heavy atom. The maximum Gasteiger partial charge on any atom is 0.268 e. The summed E-state index contributed by atoms with van der Waals surface area (Å²) in [7, 11) is 0. The third-order valence-electron chi connectivity index (χ3n) is 2.51. The molecule has 0 aliphatic carbocycles. The van der Waals surface area contributed by atoms with Gasteiger partial charge in [0.05, 0.1) is 0 Å². The van der Waals surface area contributed by atoms with Crippen molar-refractivity contribution in [2.24, 2.45) is 0 Å². The molecule has 2 aromatic rings. The number of amides is 1. The fourth-order valence-electron chi connectivity index (χ4n) is 1.78. The van der Waals surface area contributed by atoms with E-state index in [4.69, 9.17) is 0 Å². The van der Waals surface area contributed by atoms with Gasteiger partial charge in [0.1, 0.15) is 5.69 Å². The molecule has 0 aliphatic heterocycles. The number of aromatic nitrogens is 1. The first-order valence-corrected chi connectivity index (χ1v) is 5.77. The highest BCUT2D eigenvalue weighted by molar-refractivity contribution is 5.98. The minimum absolute atomic E-state index is 0.0636. The molecular formula is C14H18N2O. The van der Waals surface area contributed by atoms with Crippen LogP contribution in [0.2, 0.25) is 0 Å². The van der Waals surface area contributed by atoms with Crippen LogP contribution in [-0.2, 0) is 0 Å². The van der Waals surface area contributed by atoms with Crippen LogP contribution in [-0.4, -0.2) is 16.4 Å². The Labute approximate surface area is 101 Å². The molecule has 0 bridgehead atoms. The normalized spacial score (nSPS) is 11.8. The van der Waals surface area contributed by atoms with E-state index in [9.17, 15) is 4.79 Å². The first kappa shape index (κ1) is 11.7. The number of rotatable bonds is 1. The van der Waals surface area contributed by atoms with E-state index in [1.807, 2.05) is 45.9 Å². The van der Waals surface area contributed by atoms with Crippen LogP contribution < -0.4 is 5.32 Å². The lowest BCUT2D eigenvalue weighted by Gasteiger charge is -2.19. The van der Waals surface area contributed by atoms with Gasteiger partial charge in [-0.3, -0.25) is 4.79 Å². The highest BCUT2D eigenvalue weighted by Gasteiger charge is 2.16. The Bertz CT molecular complexity index is 561. The highest BCUT2D eigenvalue weighted by Crippen LogP contribution is 2.17. The fourth-order valence-corrected chi connectivity index (χ4v) is 1.78. The number of H-pyrrole nitrogens is 1. The highest BCUT2D eigenvalue weighted by atomic mass is 16.2. The molecular weight excluding hydrogens is 212 g/mol. The maximum atomic E-state index is 12.0. The Balaban J connectivity index is 2.33. The van der Waals surface area contributed by atoms with Crippen molar-refractivity contribution in [1.29, 1.82) is 0 Å². The number of aryl methyl sites for hydroxylation is 1. The van der Waals surface area contributed by atoms with E-state index in [1.54, 1.807) is 0 Å². The number of hydrogen-bond donors (Lipinski definition) is 2. The molecule has 1 amide bonds. The second kappa shape index (κ2) is 3.91. The number of carbonyl (C=O) groups is 1. The fraction of sp³-hybridized carbons (Fsp3) is 0.357. The van der Waals surface area contributed by atoms with Crippen molar-refractivity contribution in [2.75, 3.05) is 0 Å². The largest absolute Gasteiger partial charge is 0.351 e. The summed E-state index contributed by atoms with van der Waals surface area (Å²) in [5, 5.41) is 4.01. The van der Waals surface area contributed by atoms with Gasteiger partial charge in [0.25, 0.3) is 5.91 Å². The third-order valence-corrected chi connectivity index (χ3v) is 2.51. The zero-order chi connectivity index (χ0) is 12.6. The van der Waals surface area contributed by atoms with Gasteiger partial charge in [0, 0.05) is 16.4 Å². The van der Waals surface area contributed by atoms with Crippen LogP contribution in [0.1, 0.15) is 36.8 Å². The zero-order valence-electron chi connectivity index (χ0n) is 10.7. The molecule has 0 saturated carbocycles. The van der Waals surface area contributed by atoms with Gasteiger partial charge in [0.15, 0.2) is 0 Å². The number of benzene rings is 1. The van der Waals surface area contributed by atoms with Gasteiger partial charge >= 0.3 is 0 Å². The molecule has 1 aromatic heterocycles. The third kappa shape index (κ3) is 2.67. The van der Waals surface area contributed by atoms with Crippen LogP contribution in [0.15, 0.2) is 24.3 Å². The summed E-state index contributed by atoms with van der Waals surface area (Å²) in [6.07, 6.45) is 0. The minimum Gasteiger partial charge on any atom is -0.351 e. The second-order valence-electron chi connectivity index (χ2n) is 5.48. The molecule has 1 aromatic carbocycles. The zero-order valence-corrected chi connectivity index (χ0v) is 10.7. The van der Waals surface area contributed by atoms with E-state index < -0.39 is 0 Å². The van der Waals surface area contributed by atoms with E-state index in [-0.39, 0.29) is 11.4 Å². The van der Waals surface area contributed by atoms with Crippen molar-refractivity contribution in [2.45, 2.75) is 33.2 Å². The SMILES string of the molecule is Cc1ccc2[nH]c(C(=O)NC(C)(C)C)cc2c1. The minimum atomic E-state index is -0.218. The first-order valence-electron chi connectivity index (χ1n) is 5.77. The quantitative estimate of drug-likeness (QED) is 0.777. The van der Waals surface area contributed by atoms with Crippen molar-refractivity contribution >= 4 is 16.8 Å². The lowest BCUT2D eigenvalue weighted by Crippen LogP contribution is -2.40. The predicted octanol–water partition coefficient (Wildman–Crippen LogP) is 3.00. The van der Waals surface area contributed by atoms with Crippen molar-refractivity contribution in [1.82, 2.24) is 10.3 Å². The molecule has 0 atom stereocenters. The summed E-state index contributed by atoms with van der Waals surface area (Å²) in [6.45, 7) is 7.95. The van der Waals surface area contributed by atoms with Crippen LogP contribution in [0.25, 0.3) is 10.9 Å². The summed E-state index contributed by atoms with van der Waals surface area (Å²) < 4.78 is 0. The molecule has 17 heavy (non-hydrogen) atoms. The first-order chi connectivity index (χ1) is 7.85. The standard InChI is InChI=1S/C14H18N2O/c1-9-5-6-11-10(7-9)8-12(15-11)13(17)16-14(2,3)4/h5-8,15H,1-4H3,(H,16,17). The smallest absolute Gasteiger partial charge is 0.268 e. The summed E-state index contributed by atoms with van der Waals surface area (Å²) >= 11 is 0. The van der Waals surface area contributed by atoms with Gasteiger partial charge in [0.2, 0.25) is 0 Å². The van der Waals surface area contributed by atoms with E-state index in [0.29, 0.717) is 5.69 Å². The molecule has 0 unspecified atom stereocenters. The number of carbonyl (C=O) groups excluding carboxylic acids is 1. The molecule has 2 N–H and O–H groups in total. The van der Waals surface area contributed by atoms with E-state index in [0.717, 1.165) is 10.9 Å². The van der Waals surface area contributed by atoms with Crippen molar-refractivity contribution in [3.05, 3.63) is 35.5 Å². The van der Waals surface area contributed by atoms with Gasteiger partial charge in [-0.25, -0.2) is 0 Å². The Hall–Kier alpha value is -1.77.